The minimum atomic E-state index is -0.727. The lowest BCUT2D eigenvalue weighted by Gasteiger charge is -1.95. The standard InChI is InChI=1S/C8H11ClO2/c1-8(2)5(3-4-9)6(8)7(10)11/h3-6H,1-2H3,(H,10,11)/t5-,6+/m0/s1. The van der Waals surface area contributed by atoms with Crippen LogP contribution in [0.3, 0.4) is 0 Å². The highest BCUT2D eigenvalue weighted by atomic mass is 35.5. The van der Waals surface area contributed by atoms with Crippen LogP contribution in [0.1, 0.15) is 13.8 Å². The van der Waals surface area contributed by atoms with Crippen LogP contribution in [0.15, 0.2) is 11.6 Å². The molecule has 0 aliphatic heterocycles. The summed E-state index contributed by atoms with van der Waals surface area (Å²) in [6.07, 6.45) is 1.75. The summed E-state index contributed by atoms with van der Waals surface area (Å²) in [5, 5.41) is 8.71. The molecule has 0 heterocycles. The van der Waals surface area contributed by atoms with Gasteiger partial charge in [-0.15, -0.1) is 0 Å². The van der Waals surface area contributed by atoms with Gasteiger partial charge in [0, 0.05) is 5.54 Å². The fourth-order valence-electron chi connectivity index (χ4n) is 1.59. The van der Waals surface area contributed by atoms with Crippen LogP contribution < -0.4 is 0 Å². The Labute approximate surface area is 70.9 Å². The molecule has 1 N–H and O–H groups in total. The summed E-state index contributed by atoms with van der Waals surface area (Å²) in [4.78, 5) is 10.6. The van der Waals surface area contributed by atoms with Gasteiger partial charge in [0.05, 0.1) is 5.92 Å². The maximum absolute atomic E-state index is 10.6. The summed E-state index contributed by atoms with van der Waals surface area (Å²) >= 11 is 5.36. The van der Waals surface area contributed by atoms with Gasteiger partial charge in [-0.1, -0.05) is 31.5 Å². The molecule has 0 unspecified atom stereocenters. The van der Waals surface area contributed by atoms with Crippen molar-refractivity contribution in [3.63, 3.8) is 0 Å². The third-order valence-corrected chi connectivity index (χ3v) is 2.60. The number of carbonyl (C=O) groups is 1. The number of hydrogen-bond acceptors (Lipinski definition) is 1. The molecule has 62 valence electrons. The van der Waals surface area contributed by atoms with Crippen molar-refractivity contribution < 1.29 is 9.90 Å². The summed E-state index contributed by atoms with van der Waals surface area (Å²) < 4.78 is 0. The Bertz CT molecular complexity index is 208. The lowest BCUT2D eigenvalue weighted by atomic mass is 10.1. The van der Waals surface area contributed by atoms with E-state index >= 15 is 0 Å². The number of carboxylic acids is 1. The number of aliphatic carboxylic acids is 1. The van der Waals surface area contributed by atoms with Crippen molar-refractivity contribution in [2.24, 2.45) is 17.3 Å². The Morgan fingerprint density at radius 2 is 2.18 bits per heavy atom. The first-order valence-electron chi connectivity index (χ1n) is 3.51. The molecule has 0 amide bonds. The van der Waals surface area contributed by atoms with Crippen LogP contribution in [0.5, 0.6) is 0 Å². The van der Waals surface area contributed by atoms with Gasteiger partial charge in [0.2, 0.25) is 0 Å². The van der Waals surface area contributed by atoms with E-state index in [2.05, 4.69) is 0 Å². The van der Waals surface area contributed by atoms with E-state index in [-0.39, 0.29) is 17.3 Å². The summed E-state index contributed by atoms with van der Waals surface area (Å²) in [6, 6.07) is 0. The van der Waals surface area contributed by atoms with Gasteiger partial charge in [-0.3, -0.25) is 4.79 Å². The highest BCUT2D eigenvalue weighted by Gasteiger charge is 2.60. The molecule has 1 aliphatic carbocycles. The number of allylic oxidation sites excluding steroid dienone is 1. The molecule has 0 aromatic carbocycles. The van der Waals surface area contributed by atoms with E-state index in [1.807, 2.05) is 13.8 Å². The smallest absolute Gasteiger partial charge is 0.307 e. The Balaban J connectivity index is 2.68. The normalized spacial score (nSPS) is 34.1. The second kappa shape index (κ2) is 2.52. The van der Waals surface area contributed by atoms with Gasteiger partial charge in [0.15, 0.2) is 0 Å². The van der Waals surface area contributed by atoms with Crippen molar-refractivity contribution in [1.29, 1.82) is 0 Å². The monoisotopic (exact) mass is 174 g/mol. The van der Waals surface area contributed by atoms with Crippen molar-refractivity contribution >= 4 is 17.6 Å². The van der Waals surface area contributed by atoms with Crippen LogP contribution >= 0.6 is 11.6 Å². The molecule has 0 bridgehead atoms. The number of hydrogen-bond donors (Lipinski definition) is 1. The topological polar surface area (TPSA) is 37.3 Å². The van der Waals surface area contributed by atoms with Crippen LogP contribution in [-0.2, 0) is 4.79 Å². The highest BCUT2D eigenvalue weighted by molar-refractivity contribution is 6.25. The highest BCUT2D eigenvalue weighted by Crippen LogP contribution is 2.59. The lowest BCUT2D eigenvalue weighted by Crippen LogP contribution is -2.02. The minimum absolute atomic E-state index is 0.109. The van der Waals surface area contributed by atoms with E-state index < -0.39 is 5.97 Å². The number of carboxylic acid groups (broad SMARTS) is 1. The third kappa shape index (κ3) is 1.27. The first kappa shape index (κ1) is 8.60. The van der Waals surface area contributed by atoms with E-state index in [1.165, 1.54) is 5.54 Å². The molecule has 2 atom stereocenters. The Hall–Kier alpha value is -0.500. The van der Waals surface area contributed by atoms with Crippen molar-refractivity contribution in [2.45, 2.75) is 13.8 Å². The molecule has 3 heteroatoms. The van der Waals surface area contributed by atoms with Gasteiger partial charge < -0.3 is 5.11 Å². The van der Waals surface area contributed by atoms with Crippen LogP contribution in [0, 0.1) is 17.3 Å². The van der Waals surface area contributed by atoms with Crippen molar-refractivity contribution in [2.75, 3.05) is 0 Å². The number of rotatable bonds is 2. The van der Waals surface area contributed by atoms with Crippen LogP contribution in [-0.4, -0.2) is 11.1 Å². The molecule has 11 heavy (non-hydrogen) atoms. The molecule has 0 aromatic heterocycles. The van der Waals surface area contributed by atoms with Crippen molar-refractivity contribution in [1.82, 2.24) is 0 Å². The van der Waals surface area contributed by atoms with Gasteiger partial charge in [0.1, 0.15) is 0 Å². The van der Waals surface area contributed by atoms with Gasteiger partial charge in [0.25, 0.3) is 0 Å². The molecular weight excluding hydrogens is 164 g/mol. The number of halogens is 1. The molecule has 1 saturated carbocycles. The Morgan fingerprint density at radius 1 is 1.64 bits per heavy atom. The van der Waals surface area contributed by atoms with Crippen molar-refractivity contribution in [3.05, 3.63) is 11.6 Å². The summed E-state index contributed by atoms with van der Waals surface area (Å²) in [5.74, 6) is -0.871. The Morgan fingerprint density at radius 3 is 2.45 bits per heavy atom. The Kier molecular flexibility index (Phi) is 1.97. The molecule has 0 saturated heterocycles. The molecular formula is C8H11ClO2. The zero-order valence-corrected chi connectivity index (χ0v) is 7.30. The maximum atomic E-state index is 10.6. The van der Waals surface area contributed by atoms with Gasteiger partial charge in [-0.05, 0) is 11.3 Å². The second-order valence-electron chi connectivity index (χ2n) is 3.48. The summed E-state index contributed by atoms with van der Waals surface area (Å²) in [7, 11) is 0. The maximum Gasteiger partial charge on any atom is 0.307 e. The summed E-state index contributed by atoms with van der Waals surface area (Å²) in [5.41, 5.74) is 1.28. The lowest BCUT2D eigenvalue weighted by molar-refractivity contribution is -0.139. The quantitative estimate of drug-likeness (QED) is 0.696. The second-order valence-corrected chi connectivity index (χ2v) is 3.73. The van der Waals surface area contributed by atoms with E-state index in [0.29, 0.717) is 0 Å². The SMILES string of the molecule is CC1(C)[C@@H](C=CCl)[C@@H]1C(=O)O. The molecule has 0 radical (unpaired) electrons. The van der Waals surface area contributed by atoms with E-state index in [9.17, 15) is 4.79 Å². The zero-order valence-electron chi connectivity index (χ0n) is 6.54. The fourth-order valence-corrected chi connectivity index (χ4v) is 1.74. The van der Waals surface area contributed by atoms with Gasteiger partial charge >= 0.3 is 5.97 Å². The van der Waals surface area contributed by atoms with Gasteiger partial charge in [-0.2, -0.15) is 0 Å². The zero-order chi connectivity index (χ0) is 8.65. The molecule has 1 rings (SSSR count). The molecule has 1 aliphatic rings. The minimum Gasteiger partial charge on any atom is -0.481 e. The van der Waals surface area contributed by atoms with E-state index in [0.717, 1.165) is 0 Å². The first-order valence-corrected chi connectivity index (χ1v) is 3.95. The average Bonchev–Trinajstić information content (AvgIpc) is 2.35. The van der Waals surface area contributed by atoms with E-state index in [4.69, 9.17) is 16.7 Å². The summed E-state index contributed by atoms with van der Waals surface area (Å²) in [6.45, 7) is 3.88. The average molecular weight is 175 g/mol. The molecule has 0 spiro atoms. The van der Waals surface area contributed by atoms with Crippen molar-refractivity contribution in [3.8, 4) is 0 Å². The van der Waals surface area contributed by atoms with E-state index in [1.54, 1.807) is 6.08 Å². The molecule has 2 nitrogen and oxygen atoms in total. The molecule has 1 fully saturated rings. The van der Waals surface area contributed by atoms with Crippen LogP contribution in [0.2, 0.25) is 0 Å². The third-order valence-electron chi connectivity index (χ3n) is 2.46. The first-order chi connectivity index (χ1) is 5.01. The van der Waals surface area contributed by atoms with Crippen LogP contribution in [0.25, 0.3) is 0 Å². The largest absolute Gasteiger partial charge is 0.481 e. The molecule has 0 aromatic rings. The predicted octanol–water partition coefficient (Wildman–Crippen LogP) is 2.10. The van der Waals surface area contributed by atoms with Crippen LogP contribution in [0.4, 0.5) is 0 Å². The predicted molar refractivity (Wildman–Crippen MR) is 43.4 cm³/mol. The van der Waals surface area contributed by atoms with Gasteiger partial charge in [-0.25, -0.2) is 0 Å². The fraction of sp³-hybridized carbons (Fsp3) is 0.625.